The molecule has 2 heterocycles. The fourth-order valence-corrected chi connectivity index (χ4v) is 1.82. The van der Waals surface area contributed by atoms with E-state index in [9.17, 15) is 0 Å². The minimum absolute atomic E-state index is 0.511. The second kappa shape index (κ2) is 4.00. The van der Waals surface area contributed by atoms with Crippen LogP contribution in [0.15, 0.2) is 6.07 Å². The zero-order valence-electron chi connectivity index (χ0n) is 9.94. The molecule has 0 aliphatic carbocycles. The first-order chi connectivity index (χ1) is 7.71. The zero-order chi connectivity index (χ0) is 11.7. The predicted octanol–water partition coefficient (Wildman–Crippen LogP) is 1.62. The van der Waals surface area contributed by atoms with Gasteiger partial charge in [-0.25, -0.2) is 4.98 Å². The van der Waals surface area contributed by atoms with Crippen LogP contribution in [0, 0.1) is 6.92 Å². The number of hydrogen-bond acceptors (Lipinski definition) is 4. The summed E-state index contributed by atoms with van der Waals surface area (Å²) in [7, 11) is 3.21. The molecule has 0 amide bonds. The molecule has 0 fully saturated rings. The Hall–Kier alpha value is -1.78. The SMILES string of the molecule is CCc1c(C)nc2nc(OC)cc(OC)n12. The second-order valence-corrected chi connectivity index (χ2v) is 3.47. The van der Waals surface area contributed by atoms with Crippen LogP contribution in [0.2, 0.25) is 0 Å². The first-order valence-corrected chi connectivity index (χ1v) is 5.18. The minimum atomic E-state index is 0.511. The molecule has 2 rings (SSSR count). The van der Waals surface area contributed by atoms with Crippen molar-refractivity contribution in [2.24, 2.45) is 0 Å². The van der Waals surface area contributed by atoms with Crippen molar-refractivity contribution in [3.05, 3.63) is 17.5 Å². The highest BCUT2D eigenvalue weighted by Gasteiger charge is 2.13. The fourth-order valence-electron chi connectivity index (χ4n) is 1.82. The van der Waals surface area contributed by atoms with Crippen LogP contribution >= 0.6 is 0 Å². The maximum Gasteiger partial charge on any atom is 0.240 e. The molecule has 0 radical (unpaired) electrons. The van der Waals surface area contributed by atoms with E-state index in [1.54, 1.807) is 20.3 Å². The van der Waals surface area contributed by atoms with Gasteiger partial charge in [-0.1, -0.05) is 6.92 Å². The van der Waals surface area contributed by atoms with Gasteiger partial charge in [-0.05, 0) is 13.3 Å². The number of hydrogen-bond donors (Lipinski definition) is 0. The second-order valence-electron chi connectivity index (χ2n) is 3.47. The Morgan fingerprint density at radius 3 is 2.56 bits per heavy atom. The van der Waals surface area contributed by atoms with E-state index in [1.807, 2.05) is 11.3 Å². The quantitative estimate of drug-likeness (QED) is 0.790. The molecule has 0 aliphatic heterocycles. The lowest BCUT2D eigenvalue weighted by Gasteiger charge is -2.08. The van der Waals surface area contributed by atoms with Gasteiger partial charge in [0, 0.05) is 0 Å². The molecule has 5 heteroatoms. The summed E-state index contributed by atoms with van der Waals surface area (Å²) >= 11 is 0. The molecule has 0 saturated heterocycles. The van der Waals surface area contributed by atoms with Crippen molar-refractivity contribution in [2.45, 2.75) is 20.3 Å². The topological polar surface area (TPSA) is 48.7 Å². The summed E-state index contributed by atoms with van der Waals surface area (Å²) in [6.07, 6.45) is 0.886. The van der Waals surface area contributed by atoms with Crippen LogP contribution in [-0.4, -0.2) is 28.6 Å². The largest absolute Gasteiger partial charge is 0.482 e. The van der Waals surface area contributed by atoms with Gasteiger partial charge < -0.3 is 9.47 Å². The number of methoxy groups -OCH3 is 2. The lowest BCUT2D eigenvalue weighted by Crippen LogP contribution is -2.01. The average molecular weight is 221 g/mol. The molecule has 86 valence electrons. The van der Waals surface area contributed by atoms with Gasteiger partial charge in [0.05, 0.1) is 31.7 Å². The number of aryl methyl sites for hydroxylation is 2. The van der Waals surface area contributed by atoms with Gasteiger partial charge in [0.2, 0.25) is 17.5 Å². The molecule has 2 aromatic heterocycles. The number of imidazole rings is 1. The van der Waals surface area contributed by atoms with Gasteiger partial charge in [-0.15, -0.1) is 0 Å². The van der Waals surface area contributed by atoms with Crippen molar-refractivity contribution in [1.82, 2.24) is 14.4 Å². The van der Waals surface area contributed by atoms with E-state index in [4.69, 9.17) is 9.47 Å². The highest BCUT2D eigenvalue weighted by molar-refractivity contribution is 5.43. The molecule has 0 aliphatic rings. The predicted molar refractivity (Wildman–Crippen MR) is 60.2 cm³/mol. The average Bonchev–Trinajstić information content (AvgIpc) is 2.62. The first-order valence-electron chi connectivity index (χ1n) is 5.18. The lowest BCUT2D eigenvalue weighted by atomic mass is 10.3. The highest BCUT2D eigenvalue weighted by Crippen LogP contribution is 2.23. The van der Waals surface area contributed by atoms with Crippen LogP contribution in [-0.2, 0) is 6.42 Å². The molecular weight excluding hydrogens is 206 g/mol. The molecular formula is C11H15N3O2. The number of rotatable bonds is 3. The molecule has 0 unspecified atom stereocenters. The van der Waals surface area contributed by atoms with E-state index in [0.717, 1.165) is 17.8 Å². The molecule has 0 bridgehead atoms. The van der Waals surface area contributed by atoms with Crippen molar-refractivity contribution in [3.63, 3.8) is 0 Å². The van der Waals surface area contributed by atoms with E-state index in [0.29, 0.717) is 17.5 Å². The third kappa shape index (κ3) is 1.48. The number of aromatic nitrogens is 3. The van der Waals surface area contributed by atoms with Crippen molar-refractivity contribution in [2.75, 3.05) is 14.2 Å². The summed E-state index contributed by atoms with van der Waals surface area (Å²) in [5, 5.41) is 0. The van der Waals surface area contributed by atoms with Crippen molar-refractivity contribution >= 4 is 5.78 Å². The van der Waals surface area contributed by atoms with Crippen LogP contribution in [0.4, 0.5) is 0 Å². The molecule has 16 heavy (non-hydrogen) atoms. The molecule has 0 spiro atoms. The number of nitrogens with zero attached hydrogens (tertiary/aromatic N) is 3. The van der Waals surface area contributed by atoms with E-state index in [2.05, 4.69) is 16.9 Å². The van der Waals surface area contributed by atoms with Crippen molar-refractivity contribution in [1.29, 1.82) is 0 Å². The Bertz CT molecular complexity index is 519. The number of ether oxygens (including phenoxy) is 2. The normalized spacial score (nSPS) is 10.8. The molecule has 0 aromatic carbocycles. The molecule has 0 N–H and O–H groups in total. The zero-order valence-corrected chi connectivity index (χ0v) is 9.94. The standard InChI is InChI=1S/C11H15N3O2/c1-5-8-7(2)12-11-13-9(15-3)6-10(16-4)14(8)11/h6H,5H2,1-4H3. The summed E-state index contributed by atoms with van der Waals surface area (Å²) in [6.45, 7) is 4.06. The monoisotopic (exact) mass is 221 g/mol. The van der Waals surface area contributed by atoms with Gasteiger partial charge in [-0.3, -0.25) is 4.40 Å². The Balaban J connectivity index is 2.79. The lowest BCUT2D eigenvalue weighted by molar-refractivity contribution is 0.368. The van der Waals surface area contributed by atoms with E-state index in [1.165, 1.54) is 0 Å². The Morgan fingerprint density at radius 2 is 2.00 bits per heavy atom. The maximum atomic E-state index is 5.33. The first kappa shape index (κ1) is 10.7. The maximum absolute atomic E-state index is 5.33. The van der Waals surface area contributed by atoms with E-state index >= 15 is 0 Å². The van der Waals surface area contributed by atoms with Crippen LogP contribution in [0.25, 0.3) is 5.78 Å². The Kier molecular flexibility index (Phi) is 2.68. The molecule has 0 saturated carbocycles. The summed E-state index contributed by atoms with van der Waals surface area (Å²) in [5.74, 6) is 1.82. The summed E-state index contributed by atoms with van der Waals surface area (Å²) < 4.78 is 12.3. The highest BCUT2D eigenvalue weighted by atomic mass is 16.5. The van der Waals surface area contributed by atoms with E-state index in [-0.39, 0.29) is 0 Å². The Labute approximate surface area is 94.0 Å². The van der Waals surface area contributed by atoms with Gasteiger partial charge in [-0.2, -0.15) is 4.98 Å². The Morgan fingerprint density at radius 1 is 1.25 bits per heavy atom. The number of fused-ring (bicyclic) bond motifs is 1. The summed E-state index contributed by atoms with van der Waals surface area (Å²) in [4.78, 5) is 8.67. The molecule has 2 aromatic rings. The summed E-state index contributed by atoms with van der Waals surface area (Å²) in [5.41, 5.74) is 2.09. The van der Waals surface area contributed by atoms with Gasteiger partial charge >= 0.3 is 0 Å². The smallest absolute Gasteiger partial charge is 0.240 e. The fraction of sp³-hybridized carbons (Fsp3) is 0.455. The minimum Gasteiger partial charge on any atom is -0.482 e. The van der Waals surface area contributed by atoms with Gasteiger partial charge in [0.1, 0.15) is 0 Å². The van der Waals surface area contributed by atoms with E-state index < -0.39 is 0 Å². The molecule has 5 nitrogen and oxygen atoms in total. The summed E-state index contributed by atoms with van der Waals surface area (Å²) in [6, 6.07) is 1.76. The van der Waals surface area contributed by atoms with Crippen molar-refractivity contribution < 1.29 is 9.47 Å². The van der Waals surface area contributed by atoms with Crippen LogP contribution in [0.3, 0.4) is 0 Å². The van der Waals surface area contributed by atoms with Gasteiger partial charge in [0.25, 0.3) is 0 Å². The molecule has 0 atom stereocenters. The van der Waals surface area contributed by atoms with Crippen LogP contribution in [0.5, 0.6) is 11.8 Å². The third-order valence-electron chi connectivity index (χ3n) is 2.59. The van der Waals surface area contributed by atoms with Crippen LogP contribution in [0.1, 0.15) is 18.3 Å². The van der Waals surface area contributed by atoms with Crippen LogP contribution < -0.4 is 9.47 Å². The van der Waals surface area contributed by atoms with Crippen molar-refractivity contribution in [3.8, 4) is 11.8 Å². The van der Waals surface area contributed by atoms with Gasteiger partial charge in [0.15, 0.2) is 0 Å². The third-order valence-corrected chi connectivity index (χ3v) is 2.59.